The minimum atomic E-state index is -0.470. The first-order chi connectivity index (χ1) is 14.5. The molecule has 9 heteroatoms. The molecule has 0 bridgehead atoms. The van der Waals surface area contributed by atoms with Crippen LogP contribution in [0.1, 0.15) is 27.4 Å². The van der Waals surface area contributed by atoms with Crippen LogP contribution in [-0.2, 0) is 16.1 Å². The maximum atomic E-state index is 12.2. The highest BCUT2D eigenvalue weighted by molar-refractivity contribution is 7.99. The molecular weight excluding hydrogens is 406 g/mol. The zero-order chi connectivity index (χ0) is 21.5. The summed E-state index contributed by atoms with van der Waals surface area (Å²) in [7, 11) is 1.30. The van der Waals surface area contributed by atoms with E-state index in [0.717, 1.165) is 28.6 Å². The molecule has 1 amide bonds. The summed E-state index contributed by atoms with van der Waals surface area (Å²) in [6.07, 6.45) is 0. The van der Waals surface area contributed by atoms with Gasteiger partial charge in [-0.15, -0.1) is 10.2 Å². The fourth-order valence-corrected chi connectivity index (χ4v) is 3.12. The fraction of sp³-hybridized carbons (Fsp3) is 0.238. The van der Waals surface area contributed by atoms with Gasteiger partial charge in [-0.2, -0.15) is 0 Å². The van der Waals surface area contributed by atoms with Crippen molar-refractivity contribution >= 4 is 29.3 Å². The van der Waals surface area contributed by atoms with Gasteiger partial charge in [-0.05, 0) is 49.2 Å². The molecule has 30 heavy (non-hydrogen) atoms. The molecule has 0 radical (unpaired) electrons. The minimum absolute atomic E-state index is 0.0714. The lowest BCUT2D eigenvalue weighted by molar-refractivity contribution is -0.113. The van der Waals surface area contributed by atoms with Crippen molar-refractivity contribution in [3.63, 3.8) is 0 Å². The summed E-state index contributed by atoms with van der Waals surface area (Å²) in [5, 5.41) is 10.8. The van der Waals surface area contributed by atoms with Crippen LogP contribution >= 0.6 is 11.8 Å². The van der Waals surface area contributed by atoms with Gasteiger partial charge in [-0.25, -0.2) is 4.79 Å². The molecule has 0 spiro atoms. The van der Waals surface area contributed by atoms with Crippen LogP contribution in [0, 0.1) is 13.8 Å². The number of benzene rings is 2. The van der Waals surface area contributed by atoms with Crippen LogP contribution in [0.4, 0.5) is 5.69 Å². The van der Waals surface area contributed by atoms with E-state index >= 15 is 0 Å². The molecule has 8 nitrogen and oxygen atoms in total. The SMILES string of the molecule is COC(=O)c1cccc(NC(=O)CSc2nnc(COc3cccc(C)c3C)o2)c1. The number of anilines is 1. The minimum Gasteiger partial charge on any atom is -0.484 e. The Balaban J connectivity index is 1.50. The average Bonchev–Trinajstić information content (AvgIpc) is 3.21. The van der Waals surface area contributed by atoms with E-state index in [2.05, 4.69) is 20.3 Å². The van der Waals surface area contributed by atoms with E-state index in [0.29, 0.717) is 17.1 Å². The molecule has 0 aliphatic rings. The molecule has 0 saturated carbocycles. The number of amides is 1. The van der Waals surface area contributed by atoms with Crippen molar-refractivity contribution in [2.24, 2.45) is 0 Å². The van der Waals surface area contributed by atoms with E-state index in [-0.39, 0.29) is 23.5 Å². The van der Waals surface area contributed by atoms with Gasteiger partial charge >= 0.3 is 5.97 Å². The molecule has 0 atom stereocenters. The van der Waals surface area contributed by atoms with Gasteiger partial charge < -0.3 is 19.2 Å². The smallest absolute Gasteiger partial charge is 0.337 e. The monoisotopic (exact) mass is 427 g/mol. The number of carbonyl (C=O) groups is 2. The highest BCUT2D eigenvalue weighted by atomic mass is 32.2. The van der Waals surface area contributed by atoms with Crippen molar-refractivity contribution in [1.29, 1.82) is 0 Å². The number of aromatic nitrogens is 2. The Morgan fingerprint density at radius 1 is 1.13 bits per heavy atom. The highest BCUT2D eigenvalue weighted by Gasteiger charge is 2.12. The Morgan fingerprint density at radius 3 is 2.73 bits per heavy atom. The number of methoxy groups -OCH3 is 1. The van der Waals surface area contributed by atoms with Gasteiger partial charge in [0.1, 0.15) is 5.75 Å². The first-order valence-electron chi connectivity index (χ1n) is 9.08. The number of nitrogens with one attached hydrogen (secondary N) is 1. The Bertz CT molecular complexity index is 1050. The Hall–Kier alpha value is -3.33. The maximum absolute atomic E-state index is 12.2. The lowest BCUT2D eigenvalue weighted by Gasteiger charge is -2.08. The largest absolute Gasteiger partial charge is 0.484 e. The molecule has 1 heterocycles. The number of esters is 1. The second-order valence-corrected chi connectivity index (χ2v) is 7.28. The third-order valence-electron chi connectivity index (χ3n) is 4.25. The Labute approximate surface area is 178 Å². The number of nitrogens with zero attached hydrogens (tertiary/aromatic N) is 2. The quantitative estimate of drug-likeness (QED) is 0.428. The molecule has 0 aliphatic heterocycles. The van der Waals surface area contributed by atoms with Crippen molar-refractivity contribution < 1.29 is 23.5 Å². The number of hydrogen-bond acceptors (Lipinski definition) is 8. The van der Waals surface area contributed by atoms with Gasteiger partial charge in [0.15, 0.2) is 6.61 Å². The number of carbonyl (C=O) groups excluding carboxylic acids is 2. The topological polar surface area (TPSA) is 104 Å². The van der Waals surface area contributed by atoms with E-state index < -0.39 is 5.97 Å². The molecule has 0 fully saturated rings. The summed E-state index contributed by atoms with van der Waals surface area (Å²) in [5.74, 6) is 0.415. The van der Waals surface area contributed by atoms with Gasteiger partial charge in [0.2, 0.25) is 5.91 Å². The van der Waals surface area contributed by atoms with E-state index in [1.54, 1.807) is 24.3 Å². The molecule has 0 aliphatic carbocycles. The molecule has 156 valence electrons. The lowest BCUT2D eigenvalue weighted by atomic mass is 10.1. The number of thioether (sulfide) groups is 1. The normalized spacial score (nSPS) is 10.5. The number of ether oxygens (including phenoxy) is 2. The van der Waals surface area contributed by atoms with E-state index in [9.17, 15) is 9.59 Å². The van der Waals surface area contributed by atoms with Gasteiger partial charge in [0.05, 0.1) is 18.4 Å². The van der Waals surface area contributed by atoms with Crippen LogP contribution in [-0.4, -0.2) is 34.9 Å². The molecule has 0 unspecified atom stereocenters. The van der Waals surface area contributed by atoms with E-state index in [4.69, 9.17) is 9.15 Å². The van der Waals surface area contributed by atoms with Crippen LogP contribution in [0.25, 0.3) is 0 Å². The number of aryl methyl sites for hydroxylation is 1. The lowest BCUT2D eigenvalue weighted by Crippen LogP contribution is -2.14. The first-order valence-corrected chi connectivity index (χ1v) is 10.1. The van der Waals surface area contributed by atoms with Crippen LogP contribution in [0.3, 0.4) is 0 Å². The van der Waals surface area contributed by atoms with Crippen LogP contribution < -0.4 is 10.1 Å². The molecule has 0 saturated heterocycles. The first kappa shape index (κ1) is 21.4. The predicted molar refractivity (Wildman–Crippen MR) is 112 cm³/mol. The maximum Gasteiger partial charge on any atom is 0.337 e. The van der Waals surface area contributed by atoms with E-state index in [1.165, 1.54) is 7.11 Å². The van der Waals surface area contributed by atoms with Gasteiger partial charge in [-0.3, -0.25) is 4.79 Å². The third kappa shape index (κ3) is 5.60. The van der Waals surface area contributed by atoms with Gasteiger partial charge in [-0.1, -0.05) is 30.0 Å². The van der Waals surface area contributed by atoms with Crippen molar-refractivity contribution in [1.82, 2.24) is 10.2 Å². The van der Waals surface area contributed by atoms with Crippen LogP contribution in [0.5, 0.6) is 5.75 Å². The molecule has 3 aromatic rings. The molecule has 3 rings (SSSR count). The Morgan fingerprint density at radius 2 is 1.93 bits per heavy atom. The van der Waals surface area contributed by atoms with Gasteiger partial charge in [0.25, 0.3) is 11.1 Å². The van der Waals surface area contributed by atoms with Crippen molar-refractivity contribution in [2.75, 3.05) is 18.2 Å². The predicted octanol–water partition coefficient (Wildman–Crippen LogP) is 3.78. The zero-order valence-electron chi connectivity index (χ0n) is 16.8. The fourth-order valence-electron chi connectivity index (χ4n) is 2.54. The van der Waals surface area contributed by atoms with Crippen LogP contribution in [0.15, 0.2) is 52.1 Å². The molecule has 2 aromatic carbocycles. The van der Waals surface area contributed by atoms with Crippen molar-refractivity contribution in [2.45, 2.75) is 25.7 Å². The summed E-state index contributed by atoms with van der Waals surface area (Å²) in [4.78, 5) is 23.7. The zero-order valence-corrected chi connectivity index (χ0v) is 17.6. The van der Waals surface area contributed by atoms with E-state index in [1.807, 2.05) is 32.0 Å². The second-order valence-electron chi connectivity index (χ2n) is 6.36. The summed E-state index contributed by atoms with van der Waals surface area (Å²) >= 11 is 1.11. The highest BCUT2D eigenvalue weighted by Crippen LogP contribution is 2.22. The molecule has 1 N–H and O–H groups in total. The second kappa shape index (κ2) is 9.93. The summed E-state index contributed by atoms with van der Waals surface area (Å²) in [6.45, 7) is 4.14. The standard InChI is InChI=1S/C21H21N3O5S/c1-13-6-4-9-17(14(13)2)28-11-19-23-24-21(29-19)30-12-18(25)22-16-8-5-7-15(10-16)20(26)27-3/h4-10H,11-12H2,1-3H3,(H,22,25). The average molecular weight is 427 g/mol. The van der Waals surface area contributed by atoms with Crippen LogP contribution in [0.2, 0.25) is 0 Å². The third-order valence-corrected chi connectivity index (χ3v) is 5.07. The van der Waals surface area contributed by atoms with Crippen molar-refractivity contribution in [3.05, 3.63) is 65.0 Å². The van der Waals surface area contributed by atoms with Gasteiger partial charge in [0, 0.05) is 5.69 Å². The number of hydrogen-bond donors (Lipinski definition) is 1. The summed E-state index contributed by atoms with van der Waals surface area (Å²) < 4.78 is 15.9. The molecular formula is C21H21N3O5S. The summed E-state index contributed by atoms with van der Waals surface area (Å²) in [5.41, 5.74) is 3.04. The summed E-state index contributed by atoms with van der Waals surface area (Å²) in [6, 6.07) is 12.3. The van der Waals surface area contributed by atoms with Crippen molar-refractivity contribution in [3.8, 4) is 5.75 Å². The number of rotatable bonds is 8. The molecule has 1 aromatic heterocycles. The Kier molecular flexibility index (Phi) is 7.08.